The van der Waals surface area contributed by atoms with Crippen LogP contribution in [0.2, 0.25) is 0 Å². The third-order valence-corrected chi connectivity index (χ3v) is 5.86. The van der Waals surface area contributed by atoms with Gasteiger partial charge in [0.1, 0.15) is 6.10 Å². The van der Waals surface area contributed by atoms with Crippen molar-refractivity contribution >= 4 is 11.9 Å². The zero-order chi connectivity index (χ0) is 19.6. The molecule has 0 bridgehead atoms. The summed E-state index contributed by atoms with van der Waals surface area (Å²) in [6.07, 6.45) is 1.76. The third kappa shape index (κ3) is 4.21. The van der Waals surface area contributed by atoms with Crippen LogP contribution in [0.1, 0.15) is 45.6 Å². The first-order valence-corrected chi connectivity index (χ1v) is 9.59. The number of aliphatic hydroxyl groups is 1. The number of hydrogen-bond acceptors (Lipinski definition) is 5. The van der Waals surface area contributed by atoms with Crippen molar-refractivity contribution in [2.75, 3.05) is 13.2 Å². The van der Waals surface area contributed by atoms with E-state index in [4.69, 9.17) is 9.47 Å². The van der Waals surface area contributed by atoms with Gasteiger partial charge in [-0.15, -0.1) is 0 Å². The first-order chi connectivity index (χ1) is 12.9. The number of fused-ring (bicyclic) bond motifs is 1. The minimum Gasteiger partial charge on any atom is -0.465 e. The van der Waals surface area contributed by atoms with Gasteiger partial charge in [0.15, 0.2) is 5.41 Å². The van der Waals surface area contributed by atoms with E-state index < -0.39 is 17.4 Å². The molecule has 1 N–H and O–H groups in total. The van der Waals surface area contributed by atoms with Crippen molar-refractivity contribution < 1.29 is 64.6 Å². The van der Waals surface area contributed by atoms with Gasteiger partial charge in [-0.1, -0.05) is 41.5 Å². The summed E-state index contributed by atoms with van der Waals surface area (Å²) in [5, 5.41) is 10.8. The Morgan fingerprint density at radius 1 is 1.11 bits per heavy atom. The van der Waals surface area contributed by atoms with E-state index >= 15 is 0 Å². The van der Waals surface area contributed by atoms with Gasteiger partial charge in [0, 0.05) is 46.3 Å². The van der Waals surface area contributed by atoms with Crippen LogP contribution in [0.5, 0.6) is 0 Å². The summed E-state index contributed by atoms with van der Waals surface area (Å²) in [6.45, 7) is 5.92. The zero-order valence-electron chi connectivity index (χ0n) is 16.6. The van der Waals surface area contributed by atoms with Gasteiger partial charge in [0.05, 0.1) is 13.2 Å². The van der Waals surface area contributed by atoms with Crippen LogP contribution >= 0.6 is 0 Å². The van der Waals surface area contributed by atoms with Crippen molar-refractivity contribution in [3.8, 4) is 0 Å². The predicted octanol–water partition coefficient (Wildman–Crippen LogP) is 3.80. The number of hydrogen-bond donors (Lipinski definition) is 1. The fourth-order valence-electron chi connectivity index (χ4n) is 4.52. The van der Waals surface area contributed by atoms with Crippen LogP contribution in [0, 0.1) is 63.7 Å². The maximum Gasteiger partial charge on any atom is 0.323 e. The fraction of sp³-hybridized carbons (Fsp3) is 0.500. The molecule has 0 spiro atoms. The molecule has 1 aromatic rings. The summed E-state index contributed by atoms with van der Waals surface area (Å²) in [4.78, 5) is 25.3. The molecule has 28 heavy (non-hydrogen) atoms. The summed E-state index contributed by atoms with van der Waals surface area (Å²) < 4.78 is 10.4. The Bertz CT molecular complexity index is 725. The SMILES string of the molecule is CCOC(=O)C1(C(=O)OCC)CC2=C(C)[C@@H]([C](O)c3ccccc3)C[C@H]2C1.[Sm]. The van der Waals surface area contributed by atoms with E-state index in [2.05, 4.69) is 0 Å². The van der Waals surface area contributed by atoms with Gasteiger partial charge in [-0.3, -0.25) is 9.59 Å². The summed E-state index contributed by atoms with van der Waals surface area (Å²) in [7, 11) is 0. The Morgan fingerprint density at radius 2 is 1.68 bits per heavy atom. The van der Waals surface area contributed by atoms with E-state index in [0.717, 1.165) is 16.7 Å². The molecule has 151 valence electrons. The molecule has 5 nitrogen and oxygen atoms in total. The summed E-state index contributed by atoms with van der Waals surface area (Å²) >= 11 is 0. The molecule has 0 saturated heterocycles. The van der Waals surface area contributed by atoms with E-state index in [1.165, 1.54) is 0 Å². The van der Waals surface area contributed by atoms with Crippen molar-refractivity contribution in [3.05, 3.63) is 53.1 Å². The molecule has 0 heterocycles. The Hall–Kier alpha value is -0.802. The fourth-order valence-corrected chi connectivity index (χ4v) is 4.52. The molecule has 0 aromatic heterocycles. The molecule has 3 rings (SSSR count). The first kappa shape index (κ1) is 23.5. The van der Waals surface area contributed by atoms with Crippen molar-refractivity contribution in [2.45, 2.75) is 40.0 Å². The summed E-state index contributed by atoms with van der Waals surface area (Å²) in [5.74, 6) is -0.985. The number of rotatable bonds is 6. The Labute approximate surface area is 199 Å². The normalized spacial score (nSPS) is 22.6. The zero-order valence-corrected chi connectivity index (χ0v) is 19.2. The molecule has 2 atom stereocenters. The third-order valence-electron chi connectivity index (χ3n) is 5.86. The van der Waals surface area contributed by atoms with Crippen LogP contribution < -0.4 is 0 Å². The van der Waals surface area contributed by atoms with E-state index in [1.807, 2.05) is 37.3 Å². The molecule has 1 radical (unpaired) electrons. The quantitative estimate of drug-likeness (QED) is 0.350. The molecule has 2 aliphatic carbocycles. The number of carbonyl (C=O) groups excluding carboxylic acids is 2. The standard InChI is InChI=1S/C22H27O5.Sm/c1-4-26-20(24)22(21(25)27-5-2)12-16-11-17(14(3)18(16)13-22)19(23)15-9-7-6-8-10-15;/h6-10,16-17,23H,4-5,11-13H2,1-3H3;/t16-,17-;/m0./s1. The van der Waals surface area contributed by atoms with Gasteiger partial charge < -0.3 is 14.6 Å². The number of carbonyl (C=O) groups is 2. The Morgan fingerprint density at radius 3 is 2.18 bits per heavy atom. The molecule has 0 amide bonds. The van der Waals surface area contributed by atoms with E-state index in [1.54, 1.807) is 13.8 Å². The topological polar surface area (TPSA) is 72.8 Å². The molecule has 0 unspecified atom stereocenters. The predicted molar refractivity (Wildman–Crippen MR) is 100.0 cm³/mol. The van der Waals surface area contributed by atoms with Crippen molar-refractivity contribution in [2.24, 2.45) is 17.3 Å². The molecule has 0 aliphatic heterocycles. The maximum absolute atomic E-state index is 12.7. The Balaban J connectivity index is 0.00000280. The molecule has 1 saturated carbocycles. The van der Waals surface area contributed by atoms with Gasteiger partial charge in [0.2, 0.25) is 0 Å². The van der Waals surface area contributed by atoms with Crippen molar-refractivity contribution in [3.63, 3.8) is 0 Å². The molecule has 1 fully saturated rings. The van der Waals surface area contributed by atoms with Crippen LogP contribution in [0.25, 0.3) is 0 Å². The summed E-state index contributed by atoms with van der Waals surface area (Å²) in [5.41, 5.74) is 1.70. The van der Waals surface area contributed by atoms with E-state index in [9.17, 15) is 14.7 Å². The van der Waals surface area contributed by atoms with Crippen LogP contribution in [0.15, 0.2) is 41.5 Å². The smallest absolute Gasteiger partial charge is 0.323 e. The number of aliphatic hydroxyl groups excluding tert-OH is 1. The molecular weight excluding hydrogens is 495 g/mol. The average molecular weight is 522 g/mol. The van der Waals surface area contributed by atoms with Gasteiger partial charge in [-0.25, -0.2) is 0 Å². The minimum absolute atomic E-state index is 0. The molecular formula is C22H27O5Sm. The maximum atomic E-state index is 12.7. The van der Waals surface area contributed by atoms with Gasteiger partial charge >= 0.3 is 11.9 Å². The van der Waals surface area contributed by atoms with Crippen LogP contribution in [-0.4, -0.2) is 30.3 Å². The first-order valence-electron chi connectivity index (χ1n) is 9.59. The Kier molecular flexibility index (Phi) is 8.22. The second-order valence-electron chi connectivity index (χ2n) is 7.35. The van der Waals surface area contributed by atoms with Crippen LogP contribution in [0.3, 0.4) is 0 Å². The van der Waals surface area contributed by atoms with Gasteiger partial charge in [-0.2, -0.15) is 0 Å². The van der Waals surface area contributed by atoms with E-state index in [0.29, 0.717) is 25.4 Å². The van der Waals surface area contributed by atoms with Crippen LogP contribution in [-0.2, 0) is 19.1 Å². The van der Waals surface area contributed by atoms with E-state index in [-0.39, 0.29) is 65.4 Å². The second-order valence-corrected chi connectivity index (χ2v) is 7.35. The molecule has 6 heteroatoms. The number of benzene rings is 1. The number of ether oxygens (including phenoxy) is 2. The minimum atomic E-state index is -1.25. The summed E-state index contributed by atoms with van der Waals surface area (Å²) in [6, 6.07) is 9.50. The van der Waals surface area contributed by atoms with Gasteiger partial charge in [-0.05, 0) is 51.5 Å². The van der Waals surface area contributed by atoms with Crippen molar-refractivity contribution in [1.29, 1.82) is 0 Å². The molecule has 2 aliphatic rings. The van der Waals surface area contributed by atoms with Crippen molar-refractivity contribution in [1.82, 2.24) is 0 Å². The van der Waals surface area contributed by atoms with Gasteiger partial charge in [0.25, 0.3) is 0 Å². The number of esters is 2. The average Bonchev–Trinajstić information content (AvgIpc) is 3.19. The monoisotopic (exact) mass is 523 g/mol. The largest absolute Gasteiger partial charge is 0.465 e. The number of allylic oxidation sites excluding steroid dienone is 1. The van der Waals surface area contributed by atoms with Crippen LogP contribution in [0.4, 0.5) is 0 Å². The molecule has 1 aromatic carbocycles. The second kappa shape index (κ2) is 9.80.